The zero-order chi connectivity index (χ0) is 14.7. The van der Waals surface area contributed by atoms with E-state index in [-0.39, 0.29) is 0 Å². The highest BCUT2D eigenvalue weighted by Crippen LogP contribution is 2.34. The first-order valence-corrected chi connectivity index (χ1v) is 8.37. The number of hydrogen-bond acceptors (Lipinski definition) is 3. The van der Waals surface area contributed by atoms with E-state index in [2.05, 4.69) is 41.4 Å². The van der Waals surface area contributed by atoms with Gasteiger partial charge in [0.05, 0.1) is 7.11 Å². The highest BCUT2D eigenvalue weighted by atomic mass is 16.5. The quantitative estimate of drug-likeness (QED) is 0.921. The van der Waals surface area contributed by atoms with Crippen LogP contribution in [0.2, 0.25) is 0 Å². The number of rotatable bonds is 4. The fourth-order valence-electron chi connectivity index (χ4n) is 4.06. The molecule has 1 aliphatic carbocycles. The normalized spacial score (nSPS) is 25.3. The number of piperazine rings is 1. The predicted octanol–water partition coefficient (Wildman–Crippen LogP) is 3.19. The molecule has 0 radical (unpaired) electrons. The van der Waals surface area contributed by atoms with Gasteiger partial charge < -0.3 is 10.1 Å². The van der Waals surface area contributed by atoms with Crippen molar-refractivity contribution < 1.29 is 4.74 Å². The summed E-state index contributed by atoms with van der Waals surface area (Å²) >= 11 is 0. The van der Waals surface area contributed by atoms with Gasteiger partial charge in [0.25, 0.3) is 0 Å². The van der Waals surface area contributed by atoms with Crippen LogP contribution in [0.1, 0.15) is 44.6 Å². The SMILES string of the molecule is CCC1CNC2(CCCC2)CN1Cc1ccccc1OC. The van der Waals surface area contributed by atoms with Crippen molar-refractivity contribution >= 4 is 0 Å². The first kappa shape index (κ1) is 14.9. The maximum Gasteiger partial charge on any atom is 0.123 e. The van der Waals surface area contributed by atoms with Gasteiger partial charge >= 0.3 is 0 Å². The molecule has 1 aromatic rings. The Kier molecular flexibility index (Phi) is 4.51. The Bertz CT molecular complexity index is 468. The minimum Gasteiger partial charge on any atom is -0.496 e. The molecule has 3 heteroatoms. The summed E-state index contributed by atoms with van der Waals surface area (Å²) in [6, 6.07) is 9.09. The highest BCUT2D eigenvalue weighted by Gasteiger charge is 2.40. The number of benzene rings is 1. The zero-order valence-electron chi connectivity index (χ0n) is 13.4. The summed E-state index contributed by atoms with van der Waals surface area (Å²) in [5, 5.41) is 3.87. The lowest BCUT2D eigenvalue weighted by Crippen LogP contribution is -2.62. The number of nitrogens with zero attached hydrogens (tertiary/aromatic N) is 1. The van der Waals surface area contributed by atoms with Crippen molar-refractivity contribution in [3.63, 3.8) is 0 Å². The molecule has 1 aromatic carbocycles. The van der Waals surface area contributed by atoms with Crippen LogP contribution in [0.25, 0.3) is 0 Å². The van der Waals surface area contributed by atoms with Gasteiger partial charge in [-0.15, -0.1) is 0 Å². The van der Waals surface area contributed by atoms with Crippen molar-refractivity contribution in [2.75, 3.05) is 20.2 Å². The van der Waals surface area contributed by atoms with Gasteiger partial charge in [0.2, 0.25) is 0 Å². The van der Waals surface area contributed by atoms with Crippen LogP contribution >= 0.6 is 0 Å². The van der Waals surface area contributed by atoms with Gasteiger partial charge in [-0.25, -0.2) is 0 Å². The monoisotopic (exact) mass is 288 g/mol. The fraction of sp³-hybridized carbons (Fsp3) is 0.667. The van der Waals surface area contributed by atoms with Crippen molar-refractivity contribution in [2.24, 2.45) is 0 Å². The molecule has 1 aliphatic heterocycles. The predicted molar refractivity (Wildman–Crippen MR) is 86.7 cm³/mol. The summed E-state index contributed by atoms with van der Waals surface area (Å²) in [5.41, 5.74) is 1.70. The van der Waals surface area contributed by atoms with Crippen molar-refractivity contribution in [2.45, 2.75) is 57.2 Å². The minimum absolute atomic E-state index is 0.383. The first-order chi connectivity index (χ1) is 10.3. The van der Waals surface area contributed by atoms with E-state index in [1.54, 1.807) is 7.11 Å². The van der Waals surface area contributed by atoms with E-state index >= 15 is 0 Å². The lowest BCUT2D eigenvalue weighted by Gasteiger charge is -2.46. The number of hydrogen-bond donors (Lipinski definition) is 1. The first-order valence-electron chi connectivity index (χ1n) is 8.37. The molecule has 1 spiro atoms. The summed E-state index contributed by atoms with van der Waals surface area (Å²) < 4.78 is 5.53. The molecule has 21 heavy (non-hydrogen) atoms. The summed E-state index contributed by atoms with van der Waals surface area (Å²) in [4.78, 5) is 2.68. The second-order valence-corrected chi connectivity index (χ2v) is 6.65. The molecular formula is C18H28N2O. The maximum atomic E-state index is 5.53. The molecule has 116 valence electrons. The topological polar surface area (TPSA) is 24.5 Å². The Morgan fingerprint density at radius 3 is 2.76 bits per heavy atom. The average Bonchev–Trinajstić information content (AvgIpc) is 2.96. The Morgan fingerprint density at radius 2 is 2.05 bits per heavy atom. The Balaban J connectivity index is 1.77. The van der Waals surface area contributed by atoms with E-state index in [0.29, 0.717) is 11.6 Å². The van der Waals surface area contributed by atoms with E-state index in [1.165, 1.54) is 44.2 Å². The molecule has 3 nitrogen and oxygen atoms in total. The van der Waals surface area contributed by atoms with Gasteiger partial charge in [-0.3, -0.25) is 4.90 Å². The largest absolute Gasteiger partial charge is 0.496 e. The second-order valence-electron chi connectivity index (χ2n) is 6.65. The Labute approximate surface area is 128 Å². The Morgan fingerprint density at radius 1 is 1.29 bits per heavy atom. The van der Waals surface area contributed by atoms with Gasteiger partial charge in [0.1, 0.15) is 5.75 Å². The lowest BCUT2D eigenvalue weighted by molar-refractivity contribution is 0.0711. The van der Waals surface area contributed by atoms with E-state index < -0.39 is 0 Å². The van der Waals surface area contributed by atoms with E-state index in [4.69, 9.17) is 4.74 Å². The molecule has 1 unspecified atom stereocenters. The third-order valence-corrected chi connectivity index (χ3v) is 5.33. The molecule has 0 bridgehead atoms. The number of nitrogens with one attached hydrogen (secondary N) is 1. The number of methoxy groups -OCH3 is 1. The minimum atomic E-state index is 0.383. The van der Waals surface area contributed by atoms with Gasteiger partial charge in [-0.2, -0.15) is 0 Å². The van der Waals surface area contributed by atoms with Gasteiger partial charge in [0.15, 0.2) is 0 Å². The van der Waals surface area contributed by atoms with Gasteiger partial charge in [-0.05, 0) is 25.3 Å². The van der Waals surface area contributed by atoms with Crippen molar-refractivity contribution in [3.05, 3.63) is 29.8 Å². The molecular weight excluding hydrogens is 260 g/mol. The van der Waals surface area contributed by atoms with E-state index in [9.17, 15) is 0 Å². The molecule has 1 saturated carbocycles. The van der Waals surface area contributed by atoms with Crippen LogP contribution in [0.3, 0.4) is 0 Å². The third-order valence-electron chi connectivity index (χ3n) is 5.33. The zero-order valence-corrected chi connectivity index (χ0v) is 13.4. The summed E-state index contributed by atoms with van der Waals surface area (Å²) in [7, 11) is 1.77. The van der Waals surface area contributed by atoms with Crippen LogP contribution in [-0.4, -0.2) is 36.7 Å². The highest BCUT2D eigenvalue weighted by molar-refractivity contribution is 5.33. The van der Waals surface area contributed by atoms with Crippen LogP contribution in [0.15, 0.2) is 24.3 Å². The summed E-state index contributed by atoms with van der Waals surface area (Å²) in [6.07, 6.45) is 6.65. The summed E-state index contributed by atoms with van der Waals surface area (Å²) in [6.45, 7) is 5.62. The van der Waals surface area contributed by atoms with E-state index in [0.717, 1.165) is 18.8 Å². The molecule has 2 fully saturated rings. The van der Waals surface area contributed by atoms with Gasteiger partial charge in [0, 0.05) is 36.8 Å². The third kappa shape index (κ3) is 3.09. The molecule has 1 heterocycles. The van der Waals surface area contributed by atoms with Crippen LogP contribution in [0.5, 0.6) is 5.75 Å². The number of ether oxygens (including phenoxy) is 1. The van der Waals surface area contributed by atoms with Crippen LogP contribution in [0.4, 0.5) is 0 Å². The lowest BCUT2D eigenvalue weighted by atomic mass is 9.91. The molecule has 3 rings (SSSR count). The fourth-order valence-corrected chi connectivity index (χ4v) is 4.06. The number of para-hydroxylation sites is 1. The van der Waals surface area contributed by atoms with Crippen LogP contribution in [-0.2, 0) is 6.54 Å². The molecule has 0 aromatic heterocycles. The van der Waals surface area contributed by atoms with E-state index in [1.807, 2.05) is 0 Å². The smallest absolute Gasteiger partial charge is 0.123 e. The van der Waals surface area contributed by atoms with Crippen molar-refractivity contribution in [1.82, 2.24) is 10.2 Å². The average molecular weight is 288 g/mol. The maximum absolute atomic E-state index is 5.53. The molecule has 1 saturated heterocycles. The molecule has 0 amide bonds. The van der Waals surface area contributed by atoms with Crippen LogP contribution in [0, 0.1) is 0 Å². The second kappa shape index (κ2) is 6.37. The van der Waals surface area contributed by atoms with Crippen LogP contribution < -0.4 is 10.1 Å². The molecule has 2 aliphatic rings. The molecule has 1 N–H and O–H groups in total. The van der Waals surface area contributed by atoms with Gasteiger partial charge in [-0.1, -0.05) is 38.0 Å². The standard InChI is InChI=1S/C18H28N2O/c1-3-16-12-19-18(10-6-7-11-18)14-20(16)13-15-8-4-5-9-17(15)21-2/h4-5,8-9,16,19H,3,6-7,10-14H2,1-2H3. The van der Waals surface area contributed by atoms with Crippen molar-refractivity contribution in [1.29, 1.82) is 0 Å². The molecule has 1 atom stereocenters. The van der Waals surface area contributed by atoms with Crippen molar-refractivity contribution in [3.8, 4) is 5.75 Å². The summed E-state index contributed by atoms with van der Waals surface area (Å²) in [5.74, 6) is 1.02. The Hall–Kier alpha value is -1.06.